The SMILES string of the molecule is COc1cc(CNCCNC(=O)C(C)(C)C)ccc1OCc1ccc(F)cc1. The van der Waals surface area contributed by atoms with Gasteiger partial charge in [-0.25, -0.2) is 4.39 Å². The number of carbonyl (C=O) groups excluding carboxylic acids is 1. The standard InChI is InChI=1S/C22H29FN2O3/c1-22(2,3)21(26)25-12-11-24-14-17-7-10-19(20(13-17)27-4)28-15-16-5-8-18(23)9-6-16/h5-10,13,24H,11-12,14-15H2,1-4H3,(H,25,26). The lowest BCUT2D eigenvalue weighted by Gasteiger charge is -2.17. The molecule has 0 spiro atoms. The molecule has 0 aromatic heterocycles. The van der Waals surface area contributed by atoms with Crippen molar-refractivity contribution in [3.8, 4) is 11.5 Å². The van der Waals surface area contributed by atoms with E-state index in [2.05, 4.69) is 10.6 Å². The van der Waals surface area contributed by atoms with Crippen LogP contribution in [-0.4, -0.2) is 26.1 Å². The normalized spacial score (nSPS) is 11.2. The summed E-state index contributed by atoms with van der Waals surface area (Å²) in [6.07, 6.45) is 0. The lowest BCUT2D eigenvalue weighted by Crippen LogP contribution is -2.38. The summed E-state index contributed by atoms with van der Waals surface area (Å²) in [6, 6.07) is 11.9. The number of hydrogen-bond donors (Lipinski definition) is 2. The van der Waals surface area contributed by atoms with Crippen molar-refractivity contribution < 1.29 is 18.7 Å². The minimum Gasteiger partial charge on any atom is -0.493 e. The van der Waals surface area contributed by atoms with Gasteiger partial charge in [-0.15, -0.1) is 0 Å². The van der Waals surface area contributed by atoms with E-state index in [9.17, 15) is 9.18 Å². The fourth-order valence-electron chi connectivity index (χ4n) is 2.45. The van der Waals surface area contributed by atoms with Crippen LogP contribution >= 0.6 is 0 Å². The minimum atomic E-state index is -0.378. The molecule has 0 saturated heterocycles. The van der Waals surface area contributed by atoms with Crippen LogP contribution in [-0.2, 0) is 17.9 Å². The van der Waals surface area contributed by atoms with Gasteiger partial charge in [-0.3, -0.25) is 4.79 Å². The summed E-state index contributed by atoms with van der Waals surface area (Å²) in [5, 5.41) is 6.20. The van der Waals surface area contributed by atoms with Crippen LogP contribution in [0.15, 0.2) is 42.5 Å². The molecular formula is C22H29FN2O3. The van der Waals surface area contributed by atoms with E-state index in [1.807, 2.05) is 39.0 Å². The third kappa shape index (κ3) is 6.85. The average Bonchev–Trinajstić information content (AvgIpc) is 2.66. The summed E-state index contributed by atoms with van der Waals surface area (Å²) in [5.41, 5.74) is 1.55. The number of amides is 1. The van der Waals surface area contributed by atoms with Gasteiger partial charge < -0.3 is 20.1 Å². The van der Waals surface area contributed by atoms with Crippen LogP contribution in [0.5, 0.6) is 11.5 Å². The van der Waals surface area contributed by atoms with E-state index in [1.165, 1.54) is 12.1 Å². The van der Waals surface area contributed by atoms with Crippen LogP contribution < -0.4 is 20.1 Å². The van der Waals surface area contributed by atoms with E-state index in [0.29, 0.717) is 37.7 Å². The number of ether oxygens (including phenoxy) is 2. The van der Waals surface area contributed by atoms with Gasteiger partial charge in [0.1, 0.15) is 12.4 Å². The van der Waals surface area contributed by atoms with E-state index in [4.69, 9.17) is 9.47 Å². The minimum absolute atomic E-state index is 0.0404. The van der Waals surface area contributed by atoms with E-state index in [-0.39, 0.29) is 17.1 Å². The quantitative estimate of drug-likeness (QED) is 0.644. The Balaban J connectivity index is 1.81. The zero-order valence-electron chi connectivity index (χ0n) is 17.0. The largest absolute Gasteiger partial charge is 0.493 e. The van der Waals surface area contributed by atoms with Crippen molar-refractivity contribution in [1.82, 2.24) is 10.6 Å². The van der Waals surface area contributed by atoms with Gasteiger partial charge in [0.25, 0.3) is 0 Å². The summed E-state index contributed by atoms with van der Waals surface area (Å²) < 4.78 is 24.2. The second-order valence-electron chi connectivity index (χ2n) is 7.58. The van der Waals surface area contributed by atoms with E-state index >= 15 is 0 Å². The molecule has 0 unspecified atom stereocenters. The molecule has 152 valence electrons. The zero-order valence-corrected chi connectivity index (χ0v) is 17.0. The molecule has 0 saturated carbocycles. The number of rotatable bonds is 9. The van der Waals surface area contributed by atoms with Crippen molar-refractivity contribution in [2.45, 2.75) is 33.9 Å². The lowest BCUT2D eigenvalue weighted by atomic mass is 9.96. The van der Waals surface area contributed by atoms with Gasteiger partial charge in [0.15, 0.2) is 11.5 Å². The van der Waals surface area contributed by atoms with E-state index < -0.39 is 0 Å². The first kappa shape index (κ1) is 21.7. The molecule has 6 heteroatoms. The van der Waals surface area contributed by atoms with Crippen LogP contribution in [0.3, 0.4) is 0 Å². The van der Waals surface area contributed by atoms with E-state index in [0.717, 1.165) is 11.1 Å². The molecule has 0 fully saturated rings. The summed E-state index contributed by atoms with van der Waals surface area (Å²) in [7, 11) is 1.60. The van der Waals surface area contributed by atoms with Crippen molar-refractivity contribution in [3.63, 3.8) is 0 Å². The highest BCUT2D eigenvalue weighted by Gasteiger charge is 2.20. The smallest absolute Gasteiger partial charge is 0.225 e. The first-order valence-corrected chi connectivity index (χ1v) is 9.33. The molecule has 0 radical (unpaired) electrons. The summed E-state index contributed by atoms with van der Waals surface area (Å²) >= 11 is 0. The lowest BCUT2D eigenvalue weighted by molar-refractivity contribution is -0.128. The molecule has 1 amide bonds. The van der Waals surface area contributed by atoms with Gasteiger partial charge >= 0.3 is 0 Å². The number of carbonyl (C=O) groups is 1. The van der Waals surface area contributed by atoms with Crippen LogP contribution in [0.25, 0.3) is 0 Å². The maximum absolute atomic E-state index is 13.0. The molecule has 0 heterocycles. The van der Waals surface area contributed by atoms with Crippen molar-refractivity contribution in [2.75, 3.05) is 20.2 Å². The Morgan fingerprint density at radius 3 is 2.32 bits per heavy atom. The number of nitrogens with one attached hydrogen (secondary N) is 2. The van der Waals surface area contributed by atoms with Gasteiger partial charge in [0, 0.05) is 25.0 Å². The van der Waals surface area contributed by atoms with E-state index in [1.54, 1.807) is 19.2 Å². The van der Waals surface area contributed by atoms with Gasteiger partial charge in [-0.05, 0) is 35.4 Å². The Kier molecular flexibility index (Phi) is 7.81. The van der Waals surface area contributed by atoms with Crippen molar-refractivity contribution >= 4 is 5.91 Å². The topological polar surface area (TPSA) is 59.6 Å². The predicted molar refractivity (Wildman–Crippen MR) is 108 cm³/mol. The summed E-state index contributed by atoms with van der Waals surface area (Å²) in [4.78, 5) is 11.8. The fraction of sp³-hybridized carbons (Fsp3) is 0.409. The third-order valence-corrected chi connectivity index (χ3v) is 4.13. The van der Waals surface area contributed by atoms with Gasteiger partial charge in [-0.1, -0.05) is 39.0 Å². The number of halogens is 1. The number of hydrogen-bond acceptors (Lipinski definition) is 4. The maximum Gasteiger partial charge on any atom is 0.225 e. The van der Waals surface area contributed by atoms with Gasteiger partial charge in [0.05, 0.1) is 7.11 Å². The highest BCUT2D eigenvalue weighted by Crippen LogP contribution is 2.28. The number of methoxy groups -OCH3 is 1. The Labute approximate surface area is 166 Å². The van der Waals surface area contributed by atoms with Crippen molar-refractivity contribution in [3.05, 3.63) is 59.4 Å². The zero-order chi connectivity index (χ0) is 20.6. The molecule has 2 rings (SSSR count). The average molecular weight is 388 g/mol. The summed E-state index contributed by atoms with van der Waals surface area (Å²) in [6.45, 7) is 7.91. The van der Waals surface area contributed by atoms with Crippen LogP contribution in [0.4, 0.5) is 4.39 Å². The molecule has 5 nitrogen and oxygen atoms in total. The second kappa shape index (κ2) is 10.1. The summed E-state index contributed by atoms with van der Waals surface area (Å²) in [5.74, 6) is 1.05. The molecule has 0 aliphatic rings. The van der Waals surface area contributed by atoms with Gasteiger partial charge in [-0.2, -0.15) is 0 Å². The molecule has 28 heavy (non-hydrogen) atoms. The Morgan fingerprint density at radius 1 is 1.00 bits per heavy atom. The first-order chi connectivity index (χ1) is 13.3. The fourth-order valence-corrected chi connectivity index (χ4v) is 2.45. The highest BCUT2D eigenvalue weighted by atomic mass is 19.1. The molecule has 0 aliphatic heterocycles. The molecule has 2 N–H and O–H groups in total. The van der Waals surface area contributed by atoms with Crippen molar-refractivity contribution in [2.24, 2.45) is 5.41 Å². The molecule has 2 aromatic carbocycles. The molecule has 2 aromatic rings. The van der Waals surface area contributed by atoms with Gasteiger partial charge in [0.2, 0.25) is 5.91 Å². The first-order valence-electron chi connectivity index (χ1n) is 9.33. The van der Waals surface area contributed by atoms with Crippen LogP contribution in [0.1, 0.15) is 31.9 Å². The third-order valence-electron chi connectivity index (χ3n) is 4.13. The Hall–Kier alpha value is -2.60. The Morgan fingerprint density at radius 2 is 1.68 bits per heavy atom. The van der Waals surface area contributed by atoms with Crippen LogP contribution in [0, 0.1) is 11.2 Å². The van der Waals surface area contributed by atoms with Crippen LogP contribution in [0.2, 0.25) is 0 Å². The molecule has 0 aliphatic carbocycles. The second-order valence-corrected chi connectivity index (χ2v) is 7.58. The monoisotopic (exact) mass is 388 g/mol. The highest BCUT2D eigenvalue weighted by molar-refractivity contribution is 5.81. The van der Waals surface area contributed by atoms with Crippen molar-refractivity contribution in [1.29, 1.82) is 0 Å². The predicted octanol–water partition coefficient (Wildman–Crippen LogP) is 3.67. The molecular weight excluding hydrogens is 359 g/mol. The molecule has 0 atom stereocenters. The Bertz CT molecular complexity index is 770. The maximum atomic E-state index is 13.0. The number of benzene rings is 2. The molecule has 0 bridgehead atoms.